The van der Waals surface area contributed by atoms with Crippen LogP contribution in [0.5, 0.6) is 0 Å². The number of nitrogens with zero attached hydrogens (tertiary/aromatic N) is 5. The molecule has 0 atom stereocenters. The van der Waals surface area contributed by atoms with Gasteiger partial charge in [-0.2, -0.15) is 0 Å². The fourth-order valence-electron chi connectivity index (χ4n) is 3.76. The molecular weight excluding hydrogens is 474 g/mol. The van der Waals surface area contributed by atoms with E-state index in [1.54, 1.807) is 17.5 Å². The summed E-state index contributed by atoms with van der Waals surface area (Å²) in [6.45, 7) is 4.74. The van der Waals surface area contributed by atoms with Crippen molar-refractivity contribution in [1.29, 1.82) is 0 Å². The van der Waals surface area contributed by atoms with Crippen LogP contribution < -0.4 is 4.90 Å². The SMILES string of the molecule is Cc1nc(-c2cccc(Br)c2)ccc1C(=O)N1CCN(c2nc3cccnc3s2)CC1. The third-order valence-corrected chi connectivity index (χ3v) is 6.96. The first kappa shape index (κ1) is 20.1. The molecule has 31 heavy (non-hydrogen) atoms. The lowest BCUT2D eigenvalue weighted by molar-refractivity contribution is 0.0745. The molecule has 1 amide bonds. The van der Waals surface area contributed by atoms with Crippen molar-refractivity contribution in [3.63, 3.8) is 0 Å². The summed E-state index contributed by atoms with van der Waals surface area (Å²) in [5, 5.41) is 0.969. The van der Waals surface area contributed by atoms with E-state index in [-0.39, 0.29) is 5.91 Å². The fourth-order valence-corrected chi connectivity index (χ4v) is 5.12. The molecule has 1 saturated heterocycles. The minimum Gasteiger partial charge on any atom is -0.344 e. The van der Waals surface area contributed by atoms with Gasteiger partial charge in [-0.05, 0) is 43.3 Å². The standard InChI is InChI=1S/C23H20BrN5OS/c1-15-18(7-8-19(26-15)16-4-2-5-17(24)14-16)22(30)28-10-12-29(13-11-28)23-27-20-6-3-9-25-21(20)31-23/h2-9,14H,10-13H2,1H3. The Morgan fingerprint density at radius 1 is 1.03 bits per heavy atom. The summed E-state index contributed by atoms with van der Waals surface area (Å²) >= 11 is 5.10. The van der Waals surface area contributed by atoms with E-state index in [1.165, 1.54) is 0 Å². The van der Waals surface area contributed by atoms with Crippen molar-refractivity contribution in [2.45, 2.75) is 6.92 Å². The summed E-state index contributed by atoms with van der Waals surface area (Å²) in [7, 11) is 0. The van der Waals surface area contributed by atoms with Crippen LogP contribution in [0.1, 0.15) is 16.1 Å². The maximum Gasteiger partial charge on any atom is 0.255 e. The van der Waals surface area contributed by atoms with Crippen LogP contribution in [-0.4, -0.2) is 51.9 Å². The number of halogens is 1. The normalized spacial score (nSPS) is 14.3. The molecule has 0 saturated carbocycles. The predicted molar refractivity (Wildman–Crippen MR) is 128 cm³/mol. The molecule has 156 valence electrons. The Morgan fingerprint density at radius 3 is 2.61 bits per heavy atom. The molecule has 4 aromatic rings. The van der Waals surface area contributed by atoms with Crippen LogP contribution in [0.3, 0.4) is 0 Å². The van der Waals surface area contributed by atoms with E-state index >= 15 is 0 Å². The topological polar surface area (TPSA) is 62.2 Å². The van der Waals surface area contributed by atoms with Crippen LogP contribution >= 0.6 is 27.3 Å². The Labute approximate surface area is 192 Å². The minimum atomic E-state index is 0.0383. The van der Waals surface area contributed by atoms with Crippen molar-refractivity contribution < 1.29 is 4.79 Å². The van der Waals surface area contributed by atoms with Gasteiger partial charge in [-0.3, -0.25) is 9.78 Å². The summed E-state index contributed by atoms with van der Waals surface area (Å²) in [5.41, 5.74) is 4.23. The molecule has 0 aliphatic carbocycles. The lowest BCUT2D eigenvalue weighted by Gasteiger charge is -2.34. The molecule has 0 N–H and O–H groups in total. The Balaban J connectivity index is 1.29. The van der Waals surface area contributed by atoms with Gasteiger partial charge in [0, 0.05) is 42.4 Å². The van der Waals surface area contributed by atoms with Gasteiger partial charge in [0.1, 0.15) is 10.3 Å². The number of aryl methyl sites for hydroxylation is 1. The maximum atomic E-state index is 13.1. The number of rotatable bonds is 3. The van der Waals surface area contributed by atoms with Crippen molar-refractivity contribution in [1.82, 2.24) is 19.9 Å². The highest BCUT2D eigenvalue weighted by Crippen LogP contribution is 2.28. The summed E-state index contributed by atoms with van der Waals surface area (Å²) in [4.78, 5) is 32.0. The van der Waals surface area contributed by atoms with Gasteiger partial charge in [-0.1, -0.05) is 39.4 Å². The van der Waals surface area contributed by atoms with Gasteiger partial charge in [0.05, 0.1) is 17.0 Å². The van der Waals surface area contributed by atoms with E-state index in [2.05, 4.69) is 30.8 Å². The van der Waals surface area contributed by atoms with Crippen LogP contribution in [0.15, 0.2) is 59.2 Å². The zero-order valence-electron chi connectivity index (χ0n) is 17.0. The predicted octanol–water partition coefficient (Wildman–Crippen LogP) is 4.79. The molecule has 1 aliphatic heterocycles. The molecule has 6 nitrogen and oxygen atoms in total. The molecule has 1 fully saturated rings. The fraction of sp³-hybridized carbons (Fsp3) is 0.217. The summed E-state index contributed by atoms with van der Waals surface area (Å²) in [5.74, 6) is 0.0383. The Kier molecular flexibility index (Phi) is 5.41. The molecule has 1 aromatic carbocycles. The van der Waals surface area contributed by atoms with Gasteiger partial charge in [-0.25, -0.2) is 9.97 Å². The lowest BCUT2D eigenvalue weighted by atomic mass is 10.1. The van der Waals surface area contributed by atoms with Gasteiger partial charge >= 0.3 is 0 Å². The molecule has 1 aliphatic rings. The number of thiazole rings is 1. The number of carbonyl (C=O) groups is 1. The largest absolute Gasteiger partial charge is 0.344 e. The van der Waals surface area contributed by atoms with Crippen LogP contribution in [-0.2, 0) is 0 Å². The molecule has 3 aromatic heterocycles. The molecule has 8 heteroatoms. The van der Waals surface area contributed by atoms with Gasteiger partial charge in [-0.15, -0.1) is 0 Å². The van der Waals surface area contributed by atoms with Gasteiger partial charge in [0.2, 0.25) is 0 Å². The van der Waals surface area contributed by atoms with Crippen LogP contribution in [0.4, 0.5) is 5.13 Å². The van der Waals surface area contributed by atoms with Crippen molar-refractivity contribution in [3.8, 4) is 11.3 Å². The second-order valence-corrected chi connectivity index (χ2v) is 9.31. The molecule has 4 heterocycles. The highest BCUT2D eigenvalue weighted by molar-refractivity contribution is 9.10. The molecule has 0 bridgehead atoms. The summed E-state index contributed by atoms with van der Waals surface area (Å²) in [6, 6.07) is 15.7. The van der Waals surface area contributed by atoms with E-state index in [0.29, 0.717) is 18.7 Å². The Morgan fingerprint density at radius 2 is 1.87 bits per heavy atom. The first-order valence-corrected chi connectivity index (χ1v) is 11.7. The van der Waals surface area contributed by atoms with Crippen molar-refractivity contribution in [3.05, 3.63) is 70.5 Å². The van der Waals surface area contributed by atoms with Crippen molar-refractivity contribution in [2.24, 2.45) is 0 Å². The van der Waals surface area contributed by atoms with Gasteiger partial charge in [0.15, 0.2) is 5.13 Å². The average molecular weight is 494 g/mol. The van der Waals surface area contributed by atoms with Crippen LogP contribution in [0.25, 0.3) is 21.6 Å². The van der Waals surface area contributed by atoms with Crippen molar-refractivity contribution >= 4 is 48.7 Å². The zero-order valence-corrected chi connectivity index (χ0v) is 19.4. The zero-order chi connectivity index (χ0) is 21.4. The first-order chi connectivity index (χ1) is 15.1. The number of hydrogen-bond acceptors (Lipinski definition) is 6. The second-order valence-electron chi connectivity index (χ2n) is 7.44. The monoisotopic (exact) mass is 493 g/mol. The number of carbonyl (C=O) groups excluding carboxylic acids is 1. The first-order valence-electron chi connectivity index (χ1n) is 10.1. The molecule has 0 unspecified atom stereocenters. The van der Waals surface area contributed by atoms with Crippen molar-refractivity contribution in [2.75, 3.05) is 31.1 Å². The van der Waals surface area contributed by atoms with Crippen LogP contribution in [0.2, 0.25) is 0 Å². The number of amides is 1. The number of piperazine rings is 1. The van der Waals surface area contributed by atoms with E-state index in [4.69, 9.17) is 4.98 Å². The third kappa shape index (κ3) is 4.05. The Bertz CT molecular complexity index is 1230. The number of anilines is 1. The van der Waals surface area contributed by atoms with E-state index in [0.717, 1.165) is 50.0 Å². The minimum absolute atomic E-state index is 0.0383. The number of pyridine rings is 2. The number of benzene rings is 1. The average Bonchev–Trinajstić information content (AvgIpc) is 3.23. The van der Waals surface area contributed by atoms with Gasteiger partial charge in [0.25, 0.3) is 5.91 Å². The number of aromatic nitrogens is 3. The number of fused-ring (bicyclic) bond motifs is 1. The molecule has 0 spiro atoms. The lowest BCUT2D eigenvalue weighted by Crippen LogP contribution is -2.49. The van der Waals surface area contributed by atoms with E-state index < -0.39 is 0 Å². The van der Waals surface area contributed by atoms with E-state index in [1.807, 2.05) is 60.4 Å². The van der Waals surface area contributed by atoms with E-state index in [9.17, 15) is 4.79 Å². The van der Waals surface area contributed by atoms with Crippen LogP contribution in [0, 0.1) is 6.92 Å². The molecule has 5 rings (SSSR count). The van der Waals surface area contributed by atoms with Gasteiger partial charge < -0.3 is 9.80 Å². The highest BCUT2D eigenvalue weighted by atomic mass is 79.9. The summed E-state index contributed by atoms with van der Waals surface area (Å²) in [6.07, 6.45) is 1.79. The third-order valence-electron chi connectivity index (χ3n) is 5.43. The molecular formula is C23H20BrN5OS. The smallest absolute Gasteiger partial charge is 0.255 e. The summed E-state index contributed by atoms with van der Waals surface area (Å²) < 4.78 is 1.01. The molecule has 0 radical (unpaired) electrons. The Hall–Kier alpha value is -2.84. The highest BCUT2D eigenvalue weighted by Gasteiger charge is 2.25. The maximum absolute atomic E-state index is 13.1. The number of hydrogen-bond donors (Lipinski definition) is 0. The quantitative estimate of drug-likeness (QED) is 0.410. The second kappa shape index (κ2) is 8.36.